The molecular formula is C14H18BrNO2. The summed E-state index contributed by atoms with van der Waals surface area (Å²) < 4.78 is 6.08. The Morgan fingerprint density at radius 3 is 2.72 bits per heavy atom. The highest BCUT2D eigenvalue weighted by molar-refractivity contribution is 9.10. The van der Waals surface area contributed by atoms with Crippen molar-refractivity contribution in [3.05, 3.63) is 28.2 Å². The van der Waals surface area contributed by atoms with Crippen molar-refractivity contribution in [3.8, 4) is 0 Å². The molecule has 98 valence electrons. The summed E-state index contributed by atoms with van der Waals surface area (Å²) in [6.45, 7) is 2.98. The van der Waals surface area contributed by atoms with Gasteiger partial charge in [-0.3, -0.25) is 4.79 Å². The molecule has 1 heterocycles. The fraction of sp³-hybridized carbons (Fsp3) is 0.500. The first-order chi connectivity index (χ1) is 8.74. The van der Waals surface area contributed by atoms with Gasteiger partial charge < -0.3 is 9.64 Å². The van der Waals surface area contributed by atoms with E-state index in [2.05, 4.69) is 20.8 Å². The molecule has 0 atom stereocenters. The number of anilines is 1. The Hall–Kier alpha value is -0.870. The van der Waals surface area contributed by atoms with Crippen LogP contribution in [0.5, 0.6) is 0 Å². The first-order valence-corrected chi connectivity index (χ1v) is 7.02. The number of benzene rings is 1. The van der Waals surface area contributed by atoms with Crippen molar-refractivity contribution in [2.24, 2.45) is 5.92 Å². The smallest absolute Gasteiger partial charge is 0.151 e. The lowest BCUT2D eigenvalue weighted by molar-refractivity contribution is 0.112. The SMILES string of the molecule is COCC1CCN(c2ccc(C=O)c(Br)c2)CC1. The zero-order valence-electron chi connectivity index (χ0n) is 10.6. The Balaban J connectivity index is 2.01. The lowest BCUT2D eigenvalue weighted by Gasteiger charge is -2.33. The number of aldehydes is 1. The van der Waals surface area contributed by atoms with Gasteiger partial charge in [0.2, 0.25) is 0 Å². The first-order valence-electron chi connectivity index (χ1n) is 6.23. The Labute approximate surface area is 116 Å². The lowest BCUT2D eigenvalue weighted by Crippen LogP contribution is -2.34. The lowest BCUT2D eigenvalue weighted by atomic mass is 9.97. The second-order valence-electron chi connectivity index (χ2n) is 4.71. The van der Waals surface area contributed by atoms with Crippen LogP contribution in [0.4, 0.5) is 5.69 Å². The summed E-state index contributed by atoms with van der Waals surface area (Å²) in [5, 5.41) is 0. The number of halogens is 1. The van der Waals surface area contributed by atoms with E-state index in [1.807, 2.05) is 18.2 Å². The number of piperidine rings is 1. The summed E-state index contributed by atoms with van der Waals surface area (Å²) in [6, 6.07) is 5.92. The number of methoxy groups -OCH3 is 1. The number of rotatable bonds is 4. The number of nitrogens with zero attached hydrogens (tertiary/aromatic N) is 1. The minimum Gasteiger partial charge on any atom is -0.384 e. The molecule has 2 rings (SSSR count). The zero-order chi connectivity index (χ0) is 13.0. The second kappa shape index (κ2) is 6.34. The molecule has 1 aromatic rings. The summed E-state index contributed by atoms with van der Waals surface area (Å²) >= 11 is 3.43. The average Bonchev–Trinajstić information content (AvgIpc) is 2.40. The van der Waals surface area contributed by atoms with Crippen LogP contribution in [-0.2, 0) is 4.74 Å². The molecule has 4 heteroatoms. The van der Waals surface area contributed by atoms with Crippen molar-refractivity contribution in [3.63, 3.8) is 0 Å². The number of carbonyl (C=O) groups is 1. The van der Waals surface area contributed by atoms with E-state index in [4.69, 9.17) is 4.74 Å². The maximum atomic E-state index is 10.8. The van der Waals surface area contributed by atoms with Gasteiger partial charge in [0.05, 0.1) is 0 Å². The maximum absolute atomic E-state index is 10.8. The topological polar surface area (TPSA) is 29.5 Å². The number of ether oxygens (including phenoxy) is 1. The van der Waals surface area contributed by atoms with Crippen LogP contribution in [0.15, 0.2) is 22.7 Å². The molecule has 0 aliphatic carbocycles. The van der Waals surface area contributed by atoms with Crippen LogP contribution in [0.1, 0.15) is 23.2 Å². The number of carbonyl (C=O) groups excluding carboxylic acids is 1. The van der Waals surface area contributed by atoms with E-state index in [0.717, 1.165) is 30.5 Å². The van der Waals surface area contributed by atoms with Gasteiger partial charge in [-0.05, 0) is 52.9 Å². The van der Waals surface area contributed by atoms with E-state index in [9.17, 15) is 4.79 Å². The molecule has 1 saturated heterocycles. The molecule has 0 aromatic heterocycles. The molecule has 18 heavy (non-hydrogen) atoms. The third-order valence-corrected chi connectivity index (χ3v) is 4.18. The van der Waals surface area contributed by atoms with Crippen LogP contribution in [0, 0.1) is 5.92 Å². The van der Waals surface area contributed by atoms with Gasteiger partial charge in [0, 0.05) is 42.5 Å². The minimum atomic E-state index is 0.684. The molecule has 0 radical (unpaired) electrons. The predicted octanol–water partition coefficient (Wildman–Crippen LogP) is 3.12. The van der Waals surface area contributed by atoms with Gasteiger partial charge in [-0.2, -0.15) is 0 Å². The van der Waals surface area contributed by atoms with Crippen LogP contribution < -0.4 is 4.90 Å². The normalized spacial score (nSPS) is 16.9. The van der Waals surface area contributed by atoms with Gasteiger partial charge in [-0.1, -0.05) is 0 Å². The van der Waals surface area contributed by atoms with E-state index >= 15 is 0 Å². The van der Waals surface area contributed by atoms with Crippen LogP contribution >= 0.6 is 15.9 Å². The zero-order valence-corrected chi connectivity index (χ0v) is 12.1. The van der Waals surface area contributed by atoms with E-state index in [1.165, 1.54) is 18.5 Å². The Bertz CT molecular complexity index is 414. The molecule has 0 saturated carbocycles. The summed E-state index contributed by atoms with van der Waals surface area (Å²) in [6.07, 6.45) is 3.21. The van der Waals surface area contributed by atoms with Crippen molar-refractivity contribution in [1.29, 1.82) is 0 Å². The molecule has 0 N–H and O–H groups in total. The van der Waals surface area contributed by atoms with Gasteiger partial charge in [0.15, 0.2) is 6.29 Å². The third-order valence-electron chi connectivity index (χ3n) is 3.49. The van der Waals surface area contributed by atoms with Gasteiger partial charge in [-0.25, -0.2) is 0 Å². The van der Waals surface area contributed by atoms with Gasteiger partial charge in [-0.15, -0.1) is 0 Å². The Morgan fingerprint density at radius 1 is 1.44 bits per heavy atom. The molecule has 0 bridgehead atoms. The molecule has 1 aliphatic rings. The summed E-state index contributed by atoms with van der Waals surface area (Å²) in [5.74, 6) is 0.684. The van der Waals surface area contributed by atoms with Crippen molar-refractivity contribution in [1.82, 2.24) is 0 Å². The van der Waals surface area contributed by atoms with Crippen molar-refractivity contribution in [2.75, 3.05) is 31.7 Å². The van der Waals surface area contributed by atoms with E-state index < -0.39 is 0 Å². The van der Waals surface area contributed by atoms with Gasteiger partial charge in [0.1, 0.15) is 0 Å². The van der Waals surface area contributed by atoms with Crippen molar-refractivity contribution < 1.29 is 9.53 Å². The van der Waals surface area contributed by atoms with Crippen LogP contribution in [0.2, 0.25) is 0 Å². The fourth-order valence-electron chi connectivity index (χ4n) is 2.40. The molecule has 0 unspecified atom stereocenters. The van der Waals surface area contributed by atoms with Gasteiger partial charge in [0.25, 0.3) is 0 Å². The quantitative estimate of drug-likeness (QED) is 0.800. The molecule has 1 aliphatic heterocycles. The molecule has 3 nitrogen and oxygen atoms in total. The highest BCUT2D eigenvalue weighted by atomic mass is 79.9. The standard InChI is InChI=1S/C14H18BrNO2/c1-18-10-11-4-6-16(7-5-11)13-3-2-12(9-17)14(15)8-13/h2-3,8-9,11H,4-7,10H2,1H3. The highest BCUT2D eigenvalue weighted by Crippen LogP contribution is 2.27. The Morgan fingerprint density at radius 2 is 2.17 bits per heavy atom. The number of hydrogen-bond acceptors (Lipinski definition) is 3. The maximum Gasteiger partial charge on any atom is 0.151 e. The van der Waals surface area contributed by atoms with Crippen molar-refractivity contribution >= 4 is 27.9 Å². The van der Waals surface area contributed by atoms with Gasteiger partial charge >= 0.3 is 0 Å². The van der Waals surface area contributed by atoms with Crippen LogP contribution in [0.25, 0.3) is 0 Å². The predicted molar refractivity (Wildman–Crippen MR) is 76.3 cm³/mol. The summed E-state index contributed by atoms with van der Waals surface area (Å²) in [5.41, 5.74) is 1.89. The minimum absolute atomic E-state index is 0.684. The average molecular weight is 312 g/mol. The molecule has 0 amide bonds. The highest BCUT2D eigenvalue weighted by Gasteiger charge is 2.19. The third kappa shape index (κ3) is 3.12. The molecule has 1 fully saturated rings. The summed E-state index contributed by atoms with van der Waals surface area (Å²) in [7, 11) is 1.77. The van der Waals surface area contributed by atoms with E-state index in [1.54, 1.807) is 7.11 Å². The molecule has 0 spiro atoms. The van der Waals surface area contributed by atoms with E-state index in [-0.39, 0.29) is 0 Å². The summed E-state index contributed by atoms with van der Waals surface area (Å²) in [4.78, 5) is 13.1. The largest absolute Gasteiger partial charge is 0.384 e. The number of hydrogen-bond donors (Lipinski definition) is 0. The second-order valence-corrected chi connectivity index (χ2v) is 5.56. The first kappa shape index (κ1) is 13.6. The van der Waals surface area contributed by atoms with Crippen molar-refractivity contribution in [2.45, 2.75) is 12.8 Å². The Kier molecular flexibility index (Phi) is 4.78. The monoisotopic (exact) mass is 311 g/mol. The van der Waals surface area contributed by atoms with Crippen LogP contribution in [-0.4, -0.2) is 33.1 Å². The van der Waals surface area contributed by atoms with Crippen LogP contribution in [0.3, 0.4) is 0 Å². The van der Waals surface area contributed by atoms with E-state index in [0.29, 0.717) is 11.5 Å². The molecule has 1 aromatic carbocycles. The molecular weight excluding hydrogens is 294 g/mol. The fourth-order valence-corrected chi connectivity index (χ4v) is 2.86.